The average molecular weight is 385 g/mol. The molecule has 0 radical (unpaired) electrons. The van der Waals surface area contributed by atoms with Gasteiger partial charge in [0, 0.05) is 29.2 Å². The van der Waals surface area contributed by atoms with E-state index < -0.39 is 5.97 Å². The lowest BCUT2D eigenvalue weighted by Crippen LogP contribution is -2.19. The number of benzene rings is 1. The van der Waals surface area contributed by atoms with Crippen molar-refractivity contribution in [1.82, 2.24) is 4.98 Å². The summed E-state index contributed by atoms with van der Waals surface area (Å²) in [5.74, 6) is 1.05. The summed E-state index contributed by atoms with van der Waals surface area (Å²) in [7, 11) is 3.23. The minimum atomic E-state index is -0.399. The Balaban J connectivity index is 2.03. The number of methoxy groups -OCH3 is 2. The van der Waals surface area contributed by atoms with E-state index in [1.54, 1.807) is 21.1 Å². The van der Waals surface area contributed by atoms with E-state index in [0.717, 1.165) is 34.7 Å². The van der Waals surface area contributed by atoms with Crippen LogP contribution in [0.15, 0.2) is 18.2 Å². The number of carbonyl (C=O) groups excluding carboxylic acids is 2. The number of hydrogen-bond donors (Lipinski definition) is 1. The molecular formula is C22H27NO5. The van der Waals surface area contributed by atoms with Gasteiger partial charge in [-0.2, -0.15) is 0 Å². The number of rotatable bonds is 7. The van der Waals surface area contributed by atoms with Gasteiger partial charge in [0.1, 0.15) is 17.2 Å². The van der Waals surface area contributed by atoms with Crippen molar-refractivity contribution < 1.29 is 23.8 Å². The van der Waals surface area contributed by atoms with Crippen LogP contribution in [0.4, 0.5) is 0 Å². The van der Waals surface area contributed by atoms with Gasteiger partial charge in [-0.25, -0.2) is 4.79 Å². The number of H-pyrrole nitrogens is 1. The number of aromatic nitrogens is 1. The highest BCUT2D eigenvalue weighted by Gasteiger charge is 2.34. The summed E-state index contributed by atoms with van der Waals surface area (Å²) in [4.78, 5) is 28.7. The number of esters is 1. The van der Waals surface area contributed by atoms with Crippen molar-refractivity contribution >= 4 is 11.8 Å². The predicted octanol–water partition coefficient (Wildman–Crippen LogP) is 4.07. The third-order valence-electron chi connectivity index (χ3n) is 5.20. The van der Waals surface area contributed by atoms with E-state index in [2.05, 4.69) is 4.98 Å². The monoisotopic (exact) mass is 385 g/mol. The van der Waals surface area contributed by atoms with Crippen LogP contribution in [0.2, 0.25) is 0 Å². The normalized spacial score (nSPS) is 15.9. The lowest BCUT2D eigenvalue weighted by Gasteiger charge is -2.24. The van der Waals surface area contributed by atoms with Crippen LogP contribution in [0.3, 0.4) is 0 Å². The first-order valence-electron chi connectivity index (χ1n) is 9.69. The van der Waals surface area contributed by atoms with Gasteiger partial charge in [0.2, 0.25) is 0 Å². The first kappa shape index (κ1) is 20.0. The van der Waals surface area contributed by atoms with Gasteiger partial charge in [0.15, 0.2) is 5.78 Å². The smallest absolute Gasteiger partial charge is 0.355 e. The highest BCUT2D eigenvalue weighted by Crippen LogP contribution is 2.40. The fraction of sp³-hybridized carbons (Fsp3) is 0.455. The van der Waals surface area contributed by atoms with Gasteiger partial charge in [0.25, 0.3) is 0 Å². The number of hydrogen-bond acceptors (Lipinski definition) is 5. The van der Waals surface area contributed by atoms with E-state index >= 15 is 0 Å². The Labute approximate surface area is 165 Å². The van der Waals surface area contributed by atoms with E-state index in [4.69, 9.17) is 14.2 Å². The molecule has 150 valence electrons. The van der Waals surface area contributed by atoms with Crippen LogP contribution in [0.1, 0.15) is 70.3 Å². The Morgan fingerprint density at radius 3 is 2.61 bits per heavy atom. The predicted molar refractivity (Wildman–Crippen MR) is 106 cm³/mol. The van der Waals surface area contributed by atoms with E-state index in [1.807, 2.05) is 25.1 Å². The number of Topliss-reactive ketones (excluding diaryl/α,β-unsaturated/α-hetero) is 1. The molecule has 2 aromatic rings. The Morgan fingerprint density at radius 1 is 1.18 bits per heavy atom. The molecule has 28 heavy (non-hydrogen) atoms. The van der Waals surface area contributed by atoms with Gasteiger partial charge in [0.05, 0.1) is 20.8 Å². The van der Waals surface area contributed by atoms with E-state index in [0.29, 0.717) is 37.1 Å². The largest absolute Gasteiger partial charge is 0.497 e. The zero-order valence-electron chi connectivity index (χ0n) is 16.9. The van der Waals surface area contributed by atoms with E-state index in [-0.39, 0.29) is 11.7 Å². The molecule has 0 amide bonds. The minimum absolute atomic E-state index is 0.0476. The van der Waals surface area contributed by atoms with Crippen LogP contribution < -0.4 is 9.47 Å². The molecule has 1 aliphatic rings. The molecule has 1 aliphatic carbocycles. The number of aromatic amines is 1. The van der Waals surface area contributed by atoms with Gasteiger partial charge < -0.3 is 19.2 Å². The van der Waals surface area contributed by atoms with Gasteiger partial charge >= 0.3 is 5.97 Å². The van der Waals surface area contributed by atoms with Crippen LogP contribution in [0.5, 0.6) is 11.5 Å². The molecule has 1 N–H and O–H groups in total. The van der Waals surface area contributed by atoms with E-state index in [9.17, 15) is 9.59 Å². The fourth-order valence-corrected chi connectivity index (χ4v) is 3.99. The summed E-state index contributed by atoms with van der Waals surface area (Å²) in [5.41, 5.74) is 3.61. The Kier molecular flexibility index (Phi) is 6.07. The summed E-state index contributed by atoms with van der Waals surface area (Å²) >= 11 is 0. The maximum absolute atomic E-state index is 13.1. The maximum atomic E-state index is 13.1. The summed E-state index contributed by atoms with van der Waals surface area (Å²) in [5, 5.41) is 0. The molecule has 1 aromatic heterocycles. The second kappa shape index (κ2) is 8.50. The second-order valence-corrected chi connectivity index (χ2v) is 6.94. The zero-order chi connectivity index (χ0) is 20.3. The van der Waals surface area contributed by atoms with Crippen molar-refractivity contribution in [1.29, 1.82) is 0 Å². The molecule has 1 atom stereocenters. The highest BCUT2D eigenvalue weighted by atomic mass is 16.5. The molecule has 6 heteroatoms. The SMILES string of the molecule is CCCc1c(C(=O)OCC)[nH]c2c1C(=O)CC(c1cc(OC)ccc1OC)C2. The second-order valence-electron chi connectivity index (χ2n) is 6.94. The van der Waals surface area contributed by atoms with E-state index in [1.165, 1.54) is 0 Å². The van der Waals surface area contributed by atoms with Gasteiger partial charge in [-0.1, -0.05) is 13.3 Å². The van der Waals surface area contributed by atoms with Crippen LogP contribution in [-0.2, 0) is 17.6 Å². The molecule has 6 nitrogen and oxygen atoms in total. The van der Waals surface area contributed by atoms with Crippen molar-refractivity contribution in [3.05, 3.63) is 46.3 Å². The summed E-state index contributed by atoms with van der Waals surface area (Å²) in [6.45, 7) is 4.10. The van der Waals surface area contributed by atoms with Crippen LogP contribution >= 0.6 is 0 Å². The molecule has 0 fully saturated rings. The lowest BCUT2D eigenvalue weighted by molar-refractivity contribution is 0.0518. The molecule has 1 aromatic carbocycles. The third kappa shape index (κ3) is 3.63. The molecular weight excluding hydrogens is 358 g/mol. The molecule has 0 saturated heterocycles. The van der Waals surface area contributed by atoms with Gasteiger partial charge in [-0.15, -0.1) is 0 Å². The van der Waals surface area contributed by atoms with Crippen molar-refractivity contribution in [2.75, 3.05) is 20.8 Å². The molecule has 1 heterocycles. The topological polar surface area (TPSA) is 77.6 Å². The number of ketones is 1. The van der Waals surface area contributed by atoms with Crippen molar-refractivity contribution in [3.8, 4) is 11.5 Å². The number of nitrogens with one attached hydrogen (secondary N) is 1. The highest BCUT2D eigenvalue weighted by molar-refractivity contribution is 6.04. The first-order valence-corrected chi connectivity index (χ1v) is 9.69. The quantitative estimate of drug-likeness (QED) is 0.727. The lowest BCUT2D eigenvalue weighted by atomic mass is 9.80. The number of fused-ring (bicyclic) bond motifs is 1. The van der Waals surface area contributed by atoms with Gasteiger partial charge in [-0.3, -0.25) is 4.79 Å². The van der Waals surface area contributed by atoms with Crippen LogP contribution in [0, 0.1) is 0 Å². The maximum Gasteiger partial charge on any atom is 0.355 e. The Morgan fingerprint density at radius 2 is 1.96 bits per heavy atom. The molecule has 0 spiro atoms. The Bertz CT molecular complexity index is 883. The van der Waals surface area contributed by atoms with Crippen LogP contribution in [-0.4, -0.2) is 37.6 Å². The Hall–Kier alpha value is -2.76. The van der Waals surface area contributed by atoms with Crippen molar-refractivity contribution in [2.24, 2.45) is 0 Å². The van der Waals surface area contributed by atoms with Gasteiger partial charge in [-0.05, 0) is 43.5 Å². The summed E-state index contributed by atoms with van der Waals surface area (Å²) in [6, 6.07) is 5.62. The fourth-order valence-electron chi connectivity index (χ4n) is 3.99. The van der Waals surface area contributed by atoms with Crippen molar-refractivity contribution in [3.63, 3.8) is 0 Å². The standard InChI is InChI=1S/C22H27NO5/c1-5-7-15-20-17(23-21(15)22(25)28-6-2)10-13(11-18(20)24)16-12-14(26-3)8-9-19(16)27-4/h8-9,12-13,23H,5-7,10-11H2,1-4H3. The zero-order valence-corrected chi connectivity index (χ0v) is 16.9. The molecule has 3 rings (SSSR count). The number of ether oxygens (including phenoxy) is 3. The summed E-state index contributed by atoms with van der Waals surface area (Å²) in [6.07, 6.45) is 2.50. The first-order chi connectivity index (χ1) is 13.5. The summed E-state index contributed by atoms with van der Waals surface area (Å²) < 4.78 is 16.0. The van der Waals surface area contributed by atoms with Crippen molar-refractivity contribution in [2.45, 2.75) is 45.4 Å². The average Bonchev–Trinajstić information content (AvgIpc) is 3.07. The number of carbonyl (C=O) groups is 2. The molecule has 0 saturated carbocycles. The van der Waals surface area contributed by atoms with Crippen LogP contribution in [0.25, 0.3) is 0 Å². The third-order valence-corrected chi connectivity index (χ3v) is 5.20. The minimum Gasteiger partial charge on any atom is -0.497 e. The molecule has 1 unspecified atom stereocenters. The molecule has 0 aliphatic heterocycles. The molecule has 0 bridgehead atoms.